The average molecular weight is 306 g/mol. The molecule has 2 N–H and O–H groups in total. The molecule has 2 aromatic heterocycles. The Morgan fingerprint density at radius 3 is 1.61 bits per heavy atom. The maximum atomic E-state index is 11.7. The lowest BCUT2D eigenvalue weighted by Gasteiger charge is -2.06. The molecule has 2 aromatic rings. The molecule has 0 radical (unpaired) electrons. The van der Waals surface area contributed by atoms with E-state index in [2.05, 4.69) is 20.6 Å². The van der Waals surface area contributed by atoms with Gasteiger partial charge < -0.3 is 10.6 Å². The highest BCUT2D eigenvalue weighted by molar-refractivity contribution is 6.07. The molecule has 0 fully saturated rings. The van der Waals surface area contributed by atoms with Gasteiger partial charge in [0, 0.05) is 0 Å². The van der Waals surface area contributed by atoms with E-state index in [1.165, 1.54) is 36.7 Å². The van der Waals surface area contributed by atoms with E-state index in [4.69, 9.17) is 10.5 Å². The lowest BCUT2D eigenvalue weighted by atomic mass is 10.3. The maximum absolute atomic E-state index is 11.7. The normalized spacial score (nSPS) is 9.30. The van der Waals surface area contributed by atoms with E-state index in [0.717, 1.165) is 0 Å². The molecule has 0 aliphatic carbocycles. The minimum Gasteiger partial charge on any atom is -0.324 e. The standard InChI is InChI=1S/C15H10N6O2/c16-6-10-1-3-12(8-18-10)20-14(22)5-15(23)21-13-4-2-11(7-17)19-9-13/h1-4,8-9H,5H2,(H,20,22)(H,21,23). The summed E-state index contributed by atoms with van der Waals surface area (Å²) in [6, 6.07) is 9.67. The molecule has 8 heteroatoms. The van der Waals surface area contributed by atoms with Crippen molar-refractivity contribution in [2.45, 2.75) is 6.42 Å². The number of nitriles is 2. The van der Waals surface area contributed by atoms with Crippen LogP contribution in [0.5, 0.6) is 0 Å². The van der Waals surface area contributed by atoms with Crippen molar-refractivity contribution in [3.05, 3.63) is 48.0 Å². The minimum atomic E-state index is -0.518. The van der Waals surface area contributed by atoms with Gasteiger partial charge in [-0.1, -0.05) is 0 Å². The topological polar surface area (TPSA) is 132 Å². The van der Waals surface area contributed by atoms with Crippen LogP contribution >= 0.6 is 0 Å². The summed E-state index contributed by atoms with van der Waals surface area (Å²) in [5.74, 6) is -1.04. The summed E-state index contributed by atoms with van der Waals surface area (Å²) in [7, 11) is 0. The van der Waals surface area contributed by atoms with Gasteiger partial charge in [-0.05, 0) is 24.3 Å². The van der Waals surface area contributed by atoms with Crippen LogP contribution in [-0.2, 0) is 9.59 Å². The minimum absolute atomic E-state index is 0.231. The molecule has 0 unspecified atom stereocenters. The van der Waals surface area contributed by atoms with Gasteiger partial charge in [0.15, 0.2) is 0 Å². The van der Waals surface area contributed by atoms with Crippen LogP contribution in [0.4, 0.5) is 11.4 Å². The zero-order chi connectivity index (χ0) is 16.7. The van der Waals surface area contributed by atoms with Gasteiger partial charge >= 0.3 is 0 Å². The average Bonchev–Trinajstić information content (AvgIpc) is 2.56. The Morgan fingerprint density at radius 1 is 0.870 bits per heavy atom. The molecule has 0 saturated carbocycles. The summed E-state index contributed by atoms with van der Waals surface area (Å²) >= 11 is 0. The van der Waals surface area contributed by atoms with E-state index >= 15 is 0 Å². The van der Waals surface area contributed by atoms with E-state index in [0.29, 0.717) is 11.4 Å². The molecule has 2 amide bonds. The van der Waals surface area contributed by atoms with Crippen molar-refractivity contribution in [3.63, 3.8) is 0 Å². The number of pyridine rings is 2. The van der Waals surface area contributed by atoms with E-state index in [1.54, 1.807) is 0 Å². The molecule has 2 rings (SSSR count). The molecule has 0 aliphatic rings. The molecule has 0 aromatic carbocycles. The fourth-order valence-corrected chi connectivity index (χ4v) is 1.62. The molecule has 23 heavy (non-hydrogen) atoms. The van der Waals surface area contributed by atoms with Crippen molar-refractivity contribution in [2.24, 2.45) is 0 Å². The molecular weight excluding hydrogens is 296 g/mol. The maximum Gasteiger partial charge on any atom is 0.233 e. The number of nitrogens with one attached hydrogen (secondary N) is 2. The lowest BCUT2D eigenvalue weighted by Crippen LogP contribution is -2.21. The zero-order valence-corrected chi connectivity index (χ0v) is 11.8. The van der Waals surface area contributed by atoms with Gasteiger partial charge in [-0.25, -0.2) is 9.97 Å². The molecule has 0 saturated heterocycles. The third-order valence-electron chi connectivity index (χ3n) is 2.64. The van der Waals surface area contributed by atoms with Crippen LogP contribution in [0.2, 0.25) is 0 Å². The highest BCUT2D eigenvalue weighted by Gasteiger charge is 2.10. The summed E-state index contributed by atoms with van der Waals surface area (Å²) < 4.78 is 0. The predicted molar refractivity (Wildman–Crippen MR) is 79.8 cm³/mol. The van der Waals surface area contributed by atoms with Crippen LogP contribution < -0.4 is 10.6 Å². The number of hydrogen-bond acceptors (Lipinski definition) is 6. The molecule has 0 bridgehead atoms. The van der Waals surface area contributed by atoms with Crippen LogP contribution in [0.25, 0.3) is 0 Å². The first-order valence-corrected chi connectivity index (χ1v) is 6.42. The first kappa shape index (κ1) is 15.6. The first-order chi connectivity index (χ1) is 11.1. The van der Waals surface area contributed by atoms with Gasteiger partial charge in [0.25, 0.3) is 0 Å². The summed E-state index contributed by atoms with van der Waals surface area (Å²) in [5, 5.41) is 22.2. The number of rotatable bonds is 4. The molecule has 0 aliphatic heterocycles. The van der Waals surface area contributed by atoms with E-state index in [-0.39, 0.29) is 17.8 Å². The highest BCUT2D eigenvalue weighted by atomic mass is 16.2. The molecule has 112 valence electrons. The monoisotopic (exact) mass is 306 g/mol. The van der Waals surface area contributed by atoms with Crippen LogP contribution in [0.1, 0.15) is 17.8 Å². The molecule has 8 nitrogen and oxygen atoms in total. The van der Waals surface area contributed by atoms with Gasteiger partial charge in [0.05, 0.1) is 23.8 Å². The second kappa shape index (κ2) is 7.29. The number of hydrogen-bond donors (Lipinski definition) is 2. The summed E-state index contributed by atoms with van der Waals surface area (Å²) in [5.41, 5.74) is 1.24. The van der Waals surface area contributed by atoms with Gasteiger partial charge in [-0.15, -0.1) is 0 Å². The van der Waals surface area contributed by atoms with Crippen molar-refractivity contribution in [1.29, 1.82) is 10.5 Å². The fraction of sp³-hybridized carbons (Fsp3) is 0.0667. The number of nitrogens with zero attached hydrogens (tertiary/aromatic N) is 4. The largest absolute Gasteiger partial charge is 0.324 e. The Bertz CT molecular complexity index is 730. The van der Waals surface area contributed by atoms with Gasteiger partial charge in [0.2, 0.25) is 11.8 Å². The lowest BCUT2D eigenvalue weighted by molar-refractivity contribution is -0.123. The number of anilines is 2. The number of carbonyl (C=O) groups is 2. The van der Waals surface area contributed by atoms with Crippen LogP contribution in [0.15, 0.2) is 36.7 Å². The second-order valence-electron chi connectivity index (χ2n) is 4.36. The number of amides is 2. The van der Waals surface area contributed by atoms with Crippen molar-refractivity contribution in [3.8, 4) is 12.1 Å². The third-order valence-corrected chi connectivity index (χ3v) is 2.64. The van der Waals surface area contributed by atoms with Crippen LogP contribution in [0, 0.1) is 22.7 Å². The Labute approximate surface area is 131 Å². The second-order valence-corrected chi connectivity index (χ2v) is 4.36. The summed E-state index contributed by atoms with van der Waals surface area (Å²) in [4.78, 5) is 31.1. The smallest absolute Gasteiger partial charge is 0.233 e. The van der Waals surface area contributed by atoms with Crippen LogP contribution in [0.3, 0.4) is 0 Å². The quantitative estimate of drug-likeness (QED) is 0.815. The van der Waals surface area contributed by atoms with Gasteiger partial charge in [0.1, 0.15) is 29.9 Å². The van der Waals surface area contributed by atoms with Crippen molar-refractivity contribution >= 4 is 23.2 Å². The first-order valence-electron chi connectivity index (χ1n) is 6.42. The van der Waals surface area contributed by atoms with Crippen molar-refractivity contribution in [1.82, 2.24) is 9.97 Å². The Hall–Kier alpha value is -3.78. The predicted octanol–water partition coefficient (Wildman–Crippen LogP) is 1.19. The van der Waals surface area contributed by atoms with E-state index < -0.39 is 11.8 Å². The van der Waals surface area contributed by atoms with Crippen molar-refractivity contribution in [2.75, 3.05) is 10.6 Å². The zero-order valence-electron chi connectivity index (χ0n) is 11.8. The summed E-state index contributed by atoms with van der Waals surface area (Å²) in [6.07, 6.45) is 2.28. The summed E-state index contributed by atoms with van der Waals surface area (Å²) in [6.45, 7) is 0. The molecule has 0 spiro atoms. The van der Waals surface area contributed by atoms with Crippen LogP contribution in [-0.4, -0.2) is 21.8 Å². The van der Waals surface area contributed by atoms with E-state index in [1.807, 2.05) is 12.1 Å². The molecule has 0 atom stereocenters. The Kier molecular flexibility index (Phi) is 4.95. The SMILES string of the molecule is N#Cc1ccc(NC(=O)CC(=O)Nc2ccc(C#N)nc2)cn1. The molecule has 2 heterocycles. The van der Waals surface area contributed by atoms with Crippen molar-refractivity contribution < 1.29 is 9.59 Å². The molecular formula is C15H10N6O2. The van der Waals surface area contributed by atoms with E-state index in [9.17, 15) is 9.59 Å². The third kappa shape index (κ3) is 4.62. The number of carbonyl (C=O) groups excluding carboxylic acids is 2. The fourth-order valence-electron chi connectivity index (χ4n) is 1.62. The Morgan fingerprint density at radius 2 is 1.30 bits per heavy atom. The van der Waals surface area contributed by atoms with Gasteiger partial charge in [-0.3, -0.25) is 9.59 Å². The highest BCUT2D eigenvalue weighted by Crippen LogP contribution is 2.08. The number of aromatic nitrogens is 2. The Balaban J connectivity index is 1.87. The van der Waals surface area contributed by atoms with Gasteiger partial charge in [-0.2, -0.15) is 10.5 Å².